The Labute approximate surface area is 115 Å². The van der Waals surface area contributed by atoms with Crippen molar-refractivity contribution in [3.63, 3.8) is 0 Å². The molecule has 0 saturated heterocycles. The summed E-state index contributed by atoms with van der Waals surface area (Å²) in [5.41, 5.74) is 0.730. The number of carbonyl (C=O) groups is 1. The minimum atomic E-state index is -0.220. The summed E-state index contributed by atoms with van der Waals surface area (Å²) < 4.78 is 0. The summed E-state index contributed by atoms with van der Waals surface area (Å²) in [6, 6.07) is 5.58. The standard InChI is InChI=1S/C12H15N5OS/c1-8(11(18)17(2)3)19-12-14-10(15-16-12)9-6-4-5-7-13-9/h4-8H,1-3H3,(H,14,15,16)/t8-/m0/s1. The molecule has 2 aromatic rings. The summed E-state index contributed by atoms with van der Waals surface area (Å²) in [4.78, 5) is 21.8. The minimum Gasteiger partial charge on any atom is -0.348 e. The summed E-state index contributed by atoms with van der Waals surface area (Å²) >= 11 is 1.32. The second-order valence-electron chi connectivity index (χ2n) is 4.17. The van der Waals surface area contributed by atoms with Gasteiger partial charge in [-0.25, -0.2) is 0 Å². The van der Waals surface area contributed by atoms with E-state index in [1.54, 1.807) is 25.2 Å². The first-order valence-electron chi connectivity index (χ1n) is 5.79. The van der Waals surface area contributed by atoms with E-state index in [0.717, 1.165) is 5.69 Å². The number of thioether (sulfide) groups is 1. The molecule has 0 bridgehead atoms. The molecule has 0 unspecified atom stereocenters. The third kappa shape index (κ3) is 3.31. The molecule has 1 N–H and O–H groups in total. The monoisotopic (exact) mass is 277 g/mol. The zero-order valence-corrected chi connectivity index (χ0v) is 11.8. The number of pyridine rings is 1. The number of rotatable bonds is 4. The lowest BCUT2D eigenvalue weighted by Crippen LogP contribution is -2.29. The number of nitrogens with one attached hydrogen (secondary N) is 1. The molecule has 2 aromatic heterocycles. The highest BCUT2D eigenvalue weighted by atomic mass is 32.2. The van der Waals surface area contributed by atoms with E-state index in [0.29, 0.717) is 11.0 Å². The molecule has 0 aliphatic carbocycles. The molecular weight excluding hydrogens is 262 g/mol. The van der Waals surface area contributed by atoms with Gasteiger partial charge in [0, 0.05) is 20.3 Å². The zero-order chi connectivity index (χ0) is 13.8. The summed E-state index contributed by atoms with van der Waals surface area (Å²) in [5, 5.41) is 7.24. The van der Waals surface area contributed by atoms with Crippen LogP contribution in [0.4, 0.5) is 0 Å². The van der Waals surface area contributed by atoms with Gasteiger partial charge in [-0.2, -0.15) is 4.98 Å². The highest BCUT2D eigenvalue weighted by Gasteiger charge is 2.18. The van der Waals surface area contributed by atoms with Crippen LogP contribution in [0.3, 0.4) is 0 Å². The highest BCUT2D eigenvalue weighted by molar-refractivity contribution is 8.00. The molecule has 6 nitrogen and oxygen atoms in total. The van der Waals surface area contributed by atoms with Gasteiger partial charge in [-0.15, -0.1) is 5.10 Å². The van der Waals surface area contributed by atoms with E-state index >= 15 is 0 Å². The predicted octanol–water partition coefficient (Wildman–Crippen LogP) is 1.44. The molecule has 0 aromatic carbocycles. The lowest BCUT2D eigenvalue weighted by atomic mass is 10.3. The normalized spacial score (nSPS) is 12.2. The van der Waals surface area contributed by atoms with E-state index in [2.05, 4.69) is 20.2 Å². The molecular formula is C12H15N5OS. The van der Waals surface area contributed by atoms with Gasteiger partial charge >= 0.3 is 0 Å². The number of aromatic nitrogens is 4. The second-order valence-corrected chi connectivity index (χ2v) is 5.48. The van der Waals surface area contributed by atoms with Crippen LogP contribution in [-0.4, -0.2) is 50.3 Å². The Morgan fingerprint density at radius 2 is 2.21 bits per heavy atom. The molecule has 0 aliphatic heterocycles. The third-order valence-corrected chi connectivity index (χ3v) is 3.39. The van der Waals surface area contributed by atoms with Gasteiger partial charge in [0.25, 0.3) is 0 Å². The van der Waals surface area contributed by atoms with Crippen molar-refractivity contribution in [3.8, 4) is 11.5 Å². The molecule has 0 radical (unpaired) electrons. The molecule has 2 heterocycles. The van der Waals surface area contributed by atoms with Crippen molar-refractivity contribution >= 4 is 17.7 Å². The highest BCUT2D eigenvalue weighted by Crippen LogP contribution is 2.22. The number of carbonyl (C=O) groups excluding carboxylic acids is 1. The average Bonchev–Trinajstić information content (AvgIpc) is 2.87. The van der Waals surface area contributed by atoms with Gasteiger partial charge in [-0.1, -0.05) is 17.8 Å². The molecule has 2 rings (SSSR count). The number of aromatic amines is 1. The van der Waals surface area contributed by atoms with Crippen molar-refractivity contribution in [1.29, 1.82) is 0 Å². The smallest absolute Gasteiger partial charge is 0.235 e. The molecule has 0 spiro atoms. The minimum absolute atomic E-state index is 0.0363. The molecule has 19 heavy (non-hydrogen) atoms. The lowest BCUT2D eigenvalue weighted by molar-refractivity contribution is -0.127. The van der Waals surface area contributed by atoms with E-state index in [4.69, 9.17) is 0 Å². The van der Waals surface area contributed by atoms with Crippen LogP contribution in [0, 0.1) is 0 Å². The third-order valence-electron chi connectivity index (χ3n) is 2.44. The van der Waals surface area contributed by atoms with Crippen molar-refractivity contribution in [2.45, 2.75) is 17.3 Å². The zero-order valence-electron chi connectivity index (χ0n) is 11.0. The van der Waals surface area contributed by atoms with Crippen molar-refractivity contribution in [3.05, 3.63) is 24.4 Å². The van der Waals surface area contributed by atoms with Gasteiger partial charge < -0.3 is 4.90 Å². The molecule has 0 aliphatic rings. The number of hydrogen-bond acceptors (Lipinski definition) is 5. The van der Waals surface area contributed by atoms with E-state index in [1.165, 1.54) is 11.8 Å². The molecule has 7 heteroatoms. The maximum atomic E-state index is 11.8. The second kappa shape index (κ2) is 5.83. The van der Waals surface area contributed by atoms with Crippen LogP contribution in [0.5, 0.6) is 0 Å². The van der Waals surface area contributed by atoms with Crippen molar-refractivity contribution in [2.75, 3.05) is 14.1 Å². The van der Waals surface area contributed by atoms with Gasteiger partial charge in [0.1, 0.15) is 5.69 Å². The Hall–Kier alpha value is -1.89. The van der Waals surface area contributed by atoms with Crippen LogP contribution in [-0.2, 0) is 4.79 Å². The van der Waals surface area contributed by atoms with Crippen LogP contribution in [0.15, 0.2) is 29.6 Å². The maximum absolute atomic E-state index is 11.8. The van der Waals surface area contributed by atoms with Crippen LogP contribution in [0.25, 0.3) is 11.5 Å². The Morgan fingerprint density at radius 1 is 1.42 bits per heavy atom. The average molecular weight is 277 g/mol. The van der Waals surface area contributed by atoms with Gasteiger partial charge in [-0.05, 0) is 19.1 Å². The van der Waals surface area contributed by atoms with Crippen LogP contribution in [0.1, 0.15) is 6.92 Å². The Morgan fingerprint density at radius 3 is 2.84 bits per heavy atom. The topological polar surface area (TPSA) is 74.8 Å². The Balaban J connectivity index is 2.08. The van der Waals surface area contributed by atoms with Crippen molar-refractivity contribution < 1.29 is 4.79 Å². The number of H-pyrrole nitrogens is 1. The van der Waals surface area contributed by atoms with Crippen LogP contribution < -0.4 is 0 Å². The van der Waals surface area contributed by atoms with E-state index in [-0.39, 0.29) is 11.2 Å². The Bertz CT molecular complexity index is 554. The van der Waals surface area contributed by atoms with Crippen molar-refractivity contribution in [1.82, 2.24) is 25.1 Å². The fraction of sp³-hybridized carbons (Fsp3) is 0.333. The van der Waals surface area contributed by atoms with E-state index in [9.17, 15) is 4.79 Å². The lowest BCUT2D eigenvalue weighted by Gasteiger charge is -2.14. The molecule has 1 amide bonds. The van der Waals surface area contributed by atoms with Crippen LogP contribution in [0.2, 0.25) is 0 Å². The van der Waals surface area contributed by atoms with Gasteiger partial charge in [0.2, 0.25) is 11.1 Å². The first kappa shape index (κ1) is 13.5. The number of amides is 1. The number of nitrogens with zero attached hydrogens (tertiary/aromatic N) is 4. The predicted molar refractivity (Wildman–Crippen MR) is 73.6 cm³/mol. The summed E-state index contributed by atoms with van der Waals surface area (Å²) in [5.74, 6) is 0.641. The van der Waals surface area contributed by atoms with Crippen molar-refractivity contribution in [2.24, 2.45) is 0 Å². The van der Waals surface area contributed by atoms with E-state index in [1.807, 2.05) is 25.1 Å². The van der Waals surface area contributed by atoms with Gasteiger partial charge in [-0.3, -0.25) is 14.9 Å². The first-order chi connectivity index (χ1) is 9.08. The Kier molecular flexibility index (Phi) is 4.16. The largest absolute Gasteiger partial charge is 0.348 e. The molecule has 100 valence electrons. The molecule has 0 saturated carbocycles. The summed E-state index contributed by atoms with van der Waals surface area (Å²) in [6.45, 7) is 1.84. The van der Waals surface area contributed by atoms with Gasteiger partial charge in [0.15, 0.2) is 5.82 Å². The molecule has 1 atom stereocenters. The summed E-state index contributed by atoms with van der Waals surface area (Å²) in [7, 11) is 3.47. The fourth-order valence-corrected chi connectivity index (χ4v) is 2.36. The molecule has 0 fully saturated rings. The maximum Gasteiger partial charge on any atom is 0.235 e. The quantitative estimate of drug-likeness (QED) is 0.856. The van der Waals surface area contributed by atoms with Crippen LogP contribution >= 0.6 is 11.8 Å². The summed E-state index contributed by atoms with van der Waals surface area (Å²) in [6.07, 6.45) is 1.70. The fourth-order valence-electron chi connectivity index (χ4n) is 1.49. The van der Waals surface area contributed by atoms with Gasteiger partial charge in [0.05, 0.1) is 5.25 Å². The van der Waals surface area contributed by atoms with E-state index < -0.39 is 0 Å². The number of hydrogen-bond donors (Lipinski definition) is 1. The first-order valence-corrected chi connectivity index (χ1v) is 6.67. The SMILES string of the molecule is C[C@H](Sc1n[nH]c(-c2ccccn2)n1)C(=O)N(C)C.